The molecule has 134 valence electrons. The fraction of sp³-hybridized carbons (Fsp3) is 0.278. The van der Waals surface area contributed by atoms with Crippen LogP contribution in [0.4, 0.5) is 5.13 Å². The van der Waals surface area contributed by atoms with Crippen molar-refractivity contribution < 1.29 is 9.53 Å². The molecule has 4 aromatic rings. The number of carbonyl (C=O) groups excluding carboxylic acids is 1. The fourth-order valence-electron chi connectivity index (χ4n) is 2.73. The largest absolute Gasteiger partial charge is 0.453 e. The van der Waals surface area contributed by atoms with Gasteiger partial charge in [0, 0.05) is 13.1 Å². The molecule has 6 nitrogen and oxygen atoms in total. The van der Waals surface area contributed by atoms with Gasteiger partial charge in [-0.1, -0.05) is 23.5 Å². The number of nitrogens with one attached hydrogen (secondary N) is 1. The van der Waals surface area contributed by atoms with Crippen molar-refractivity contribution >= 4 is 54.3 Å². The molecule has 0 radical (unpaired) electrons. The normalized spacial score (nSPS) is 11.3. The molecular formula is C18H18N4O2S2. The maximum atomic E-state index is 12.3. The number of hydrogen-bond acceptors (Lipinski definition) is 7. The van der Waals surface area contributed by atoms with Gasteiger partial charge >= 0.3 is 5.97 Å². The molecule has 3 heterocycles. The van der Waals surface area contributed by atoms with Crippen LogP contribution in [0.15, 0.2) is 30.3 Å². The number of benzene rings is 1. The number of fused-ring (bicyclic) bond motifs is 2. The van der Waals surface area contributed by atoms with E-state index in [2.05, 4.69) is 33.7 Å². The molecule has 1 aromatic carbocycles. The second-order valence-corrected chi connectivity index (χ2v) is 7.77. The van der Waals surface area contributed by atoms with Gasteiger partial charge in [0.2, 0.25) is 0 Å². The molecule has 0 spiro atoms. The Morgan fingerprint density at radius 3 is 2.73 bits per heavy atom. The zero-order valence-electron chi connectivity index (χ0n) is 14.5. The van der Waals surface area contributed by atoms with Crippen LogP contribution >= 0.6 is 22.7 Å². The van der Waals surface area contributed by atoms with E-state index in [0.29, 0.717) is 10.7 Å². The Labute approximate surface area is 158 Å². The van der Waals surface area contributed by atoms with Crippen molar-refractivity contribution in [3.05, 3.63) is 41.0 Å². The van der Waals surface area contributed by atoms with Crippen LogP contribution in [-0.2, 0) is 11.3 Å². The quantitative estimate of drug-likeness (QED) is 0.496. The van der Waals surface area contributed by atoms with E-state index in [9.17, 15) is 4.79 Å². The van der Waals surface area contributed by atoms with Crippen LogP contribution in [0.1, 0.15) is 29.3 Å². The van der Waals surface area contributed by atoms with E-state index in [1.807, 2.05) is 30.3 Å². The van der Waals surface area contributed by atoms with Crippen molar-refractivity contribution in [3.63, 3.8) is 0 Å². The summed E-state index contributed by atoms with van der Waals surface area (Å²) in [7, 11) is 0. The predicted octanol–water partition coefficient (Wildman–Crippen LogP) is 4.44. The molecule has 0 amide bonds. The van der Waals surface area contributed by atoms with E-state index in [1.165, 1.54) is 11.3 Å². The van der Waals surface area contributed by atoms with E-state index in [0.717, 1.165) is 38.8 Å². The second-order valence-electron chi connectivity index (χ2n) is 5.73. The van der Waals surface area contributed by atoms with E-state index >= 15 is 0 Å². The molecule has 1 N–H and O–H groups in total. The third-order valence-electron chi connectivity index (χ3n) is 4.09. The highest BCUT2D eigenvalue weighted by molar-refractivity contribution is 7.29. The highest BCUT2D eigenvalue weighted by atomic mass is 32.1. The van der Waals surface area contributed by atoms with Crippen LogP contribution in [0.5, 0.6) is 0 Å². The van der Waals surface area contributed by atoms with E-state index in [-0.39, 0.29) is 12.6 Å². The number of imidazole rings is 1. The van der Waals surface area contributed by atoms with Crippen molar-refractivity contribution in [2.45, 2.75) is 20.5 Å². The lowest BCUT2D eigenvalue weighted by molar-refractivity contribution is 0.0469. The molecule has 3 aromatic heterocycles. The average molecular weight is 387 g/mol. The highest BCUT2D eigenvalue weighted by Crippen LogP contribution is 2.34. The van der Waals surface area contributed by atoms with Crippen LogP contribution in [0.2, 0.25) is 0 Å². The summed E-state index contributed by atoms with van der Waals surface area (Å²) in [5.41, 5.74) is 1.80. The second kappa shape index (κ2) is 7.05. The minimum absolute atomic E-state index is 0.122. The number of ether oxygens (including phenoxy) is 1. The Morgan fingerprint density at radius 2 is 2.00 bits per heavy atom. The number of hydrogen-bond donors (Lipinski definition) is 1. The van der Waals surface area contributed by atoms with Gasteiger partial charge in [0.15, 0.2) is 5.13 Å². The number of esters is 1. The minimum Gasteiger partial charge on any atom is -0.453 e. The number of para-hydroxylation sites is 2. The van der Waals surface area contributed by atoms with Crippen molar-refractivity contribution in [2.24, 2.45) is 0 Å². The summed E-state index contributed by atoms with van der Waals surface area (Å²) in [6.45, 7) is 6.18. The molecule has 0 saturated heterocycles. The molecule has 0 aliphatic heterocycles. The number of carbonyl (C=O) groups is 1. The van der Waals surface area contributed by atoms with Crippen molar-refractivity contribution in [1.29, 1.82) is 0 Å². The third-order valence-corrected chi connectivity index (χ3v) is 6.29. The van der Waals surface area contributed by atoms with E-state index in [1.54, 1.807) is 11.3 Å². The predicted molar refractivity (Wildman–Crippen MR) is 106 cm³/mol. The molecule has 8 heteroatoms. The first-order valence-corrected chi connectivity index (χ1v) is 10.1. The summed E-state index contributed by atoms with van der Waals surface area (Å²) in [6.07, 6.45) is 0. The number of aromatic nitrogens is 3. The zero-order valence-corrected chi connectivity index (χ0v) is 16.1. The molecule has 0 atom stereocenters. The number of thiophene rings is 1. The molecular weight excluding hydrogens is 368 g/mol. The fourth-order valence-corrected chi connectivity index (χ4v) is 4.96. The first-order valence-electron chi connectivity index (χ1n) is 8.44. The molecule has 26 heavy (non-hydrogen) atoms. The number of thiazole rings is 1. The molecule has 0 saturated carbocycles. The van der Waals surface area contributed by atoms with Gasteiger partial charge in [-0.05, 0) is 32.0 Å². The van der Waals surface area contributed by atoms with Crippen molar-refractivity contribution in [1.82, 2.24) is 15.0 Å². The summed E-state index contributed by atoms with van der Waals surface area (Å²) in [5.74, 6) is 0.296. The van der Waals surface area contributed by atoms with Gasteiger partial charge in [0.1, 0.15) is 22.1 Å². The van der Waals surface area contributed by atoms with Gasteiger partial charge in [-0.15, -0.1) is 11.3 Å². The van der Waals surface area contributed by atoms with E-state index < -0.39 is 0 Å². The van der Waals surface area contributed by atoms with Crippen molar-refractivity contribution in [3.8, 4) is 0 Å². The Hall–Kier alpha value is -2.45. The molecule has 0 unspecified atom stereocenters. The maximum absolute atomic E-state index is 12.3. The number of H-pyrrole nitrogens is 1. The summed E-state index contributed by atoms with van der Waals surface area (Å²) in [6, 6.07) is 9.60. The van der Waals surface area contributed by atoms with E-state index in [4.69, 9.17) is 4.74 Å². The molecule has 4 rings (SSSR count). The number of nitrogens with zero attached hydrogens (tertiary/aromatic N) is 3. The molecule has 0 bridgehead atoms. The van der Waals surface area contributed by atoms with Crippen LogP contribution in [0, 0.1) is 0 Å². The standard InChI is InChI=1S/C18H18N4O2S2/c1-3-22(4-2)18-21-16-13(26-18)9-14(25-16)17(23)24-10-15-19-11-7-5-6-8-12(11)20-15/h5-9H,3-4,10H2,1-2H3,(H,19,20). The minimum atomic E-state index is -0.343. The van der Waals surface area contributed by atoms with Gasteiger partial charge < -0.3 is 14.6 Å². The first-order chi connectivity index (χ1) is 12.7. The van der Waals surface area contributed by atoms with Crippen LogP contribution < -0.4 is 4.90 Å². The smallest absolute Gasteiger partial charge is 0.348 e. The lowest BCUT2D eigenvalue weighted by Crippen LogP contribution is -2.21. The Bertz CT molecular complexity index is 997. The Kier molecular flexibility index (Phi) is 4.60. The number of rotatable bonds is 6. The van der Waals surface area contributed by atoms with Gasteiger partial charge in [0.05, 0.1) is 15.7 Å². The summed E-state index contributed by atoms with van der Waals surface area (Å²) >= 11 is 2.98. The lowest BCUT2D eigenvalue weighted by Gasteiger charge is -2.16. The lowest BCUT2D eigenvalue weighted by atomic mass is 10.3. The summed E-state index contributed by atoms with van der Waals surface area (Å²) in [5, 5.41) is 0.999. The number of anilines is 1. The van der Waals surface area contributed by atoms with Gasteiger partial charge in [-0.25, -0.2) is 14.8 Å². The third kappa shape index (κ3) is 3.17. The average Bonchev–Trinajstić information content (AvgIpc) is 3.33. The monoisotopic (exact) mass is 386 g/mol. The molecule has 0 aliphatic carbocycles. The van der Waals surface area contributed by atoms with Gasteiger partial charge in [0.25, 0.3) is 0 Å². The zero-order chi connectivity index (χ0) is 18.1. The number of aromatic amines is 1. The molecule has 0 fully saturated rings. The topological polar surface area (TPSA) is 71.1 Å². The SMILES string of the molecule is CCN(CC)c1nc2sc(C(=O)OCc3nc4ccccc4[nH]3)cc2s1. The maximum Gasteiger partial charge on any atom is 0.348 e. The summed E-state index contributed by atoms with van der Waals surface area (Å²) < 4.78 is 6.43. The van der Waals surface area contributed by atoms with Crippen LogP contribution in [-0.4, -0.2) is 34.0 Å². The van der Waals surface area contributed by atoms with Crippen molar-refractivity contribution in [2.75, 3.05) is 18.0 Å². The molecule has 0 aliphatic rings. The summed E-state index contributed by atoms with van der Waals surface area (Å²) in [4.78, 5) is 28.2. The Morgan fingerprint density at radius 1 is 1.19 bits per heavy atom. The first kappa shape index (κ1) is 17.0. The van der Waals surface area contributed by atoms with Crippen LogP contribution in [0.25, 0.3) is 20.6 Å². The van der Waals surface area contributed by atoms with Gasteiger partial charge in [-0.2, -0.15) is 0 Å². The highest BCUT2D eigenvalue weighted by Gasteiger charge is 2.17. The van der Waals surface area contributed by atoms with Gasteiger partial charge in [-0.3, -0.25) is 0 Å². The van der Waals surface area contributed by atoms with Crippen LogP contribution in [0.3, 0.4) is 0 Å². The Balaban J connectivity index is 1.46.